The van der Waals surface area contributed by atoms with Gasteiger partial charge in [-0.05, 0) is 63.1 Å². The lowest BCUT2D eigenvalue weighted by Crippen LogP contribution is -2.27. The monoisotopic (exact) mass is 344 g/mol. The van der Waals surface area contributed by atoms with E-state index in [0.717, 1.165) is 11.1 Å². The zero-order chi connectivity index (χ0) is 17.7. The molecule has 1 aliphatic rings. The lowest BCUT2D eigenvalue weighted by atomic mass is 9.86. The minimum Gasteiger partial charge on any atom is -0.325 e. The van der Waals surface area contributed by atoms with Crippen LogP contribution < -0.4 is 10.0 Å². The van der Waals surface area contributed by atoms with Crippen LogP contribution in [-0.2, 0) is 20.2 Å². The minimum atomic E-state index is -3.73. The van der Waals surface area contributed by atoms with Gasteiger partial charge >= 0.3 is 0 Å². The Balaban J connectivity index is 2.00. The van der Waals surface area contributed by atoms with E-state index in [2.05, 4.69) is 10.0 Å². The van der Waals surface area contributed by atoms with Crippen LogP contribution in [0.5, 0.6) is 0 Å². The van der Waals surface area contributed by atoms with Crippen molar-refractivity contribution in [3.63, 3.8) is 0 Å². The van der Waals surface area contributed by atoms with Gasteiger partial charge in [-0.1, -0.05) is 17.7 Å². The van der Waals surface area contributed by atoms with Crippen molar-refractivity contribution in [2.75, 3.05) is 10.0 Å². The van der Waals surface area contributed by atoms with Gasteiger partial charge in [-0.15, -0.1) is 0 Å². The summed E-state index contributed by atoms with van der Waals surface area (Å²) in [5, 5.41) is 2.78. The van der Waals surface area contributed by atoms with Crippen molar-refractivity contribution in [1.82, 2.24) is 0 Å². The van der Waals surface area contributed by atoms with Crippen LogP contribution in [0.1, 0.15) is 30.5 Å². The number of fused-ring (bicyclic) bond motifs is 1. The summed E-state index contributed by atoms with van der Waals surface area (Å²) in [6.45, 7) is 7.38. The highest BCUT2D eigenvalue weighted by Gasteiger charge is 2.39. The molecule has 2 N–H and O–H groups in total. The number of benzene rings is 2. The fourth-order valence-electron chi connectivity index (χ4n) is 2.85. The molecule has 0 aliphatic carbocycles. The predicted molar refractivity (Wildman–Crippen MR) is 94.8 cm³/mol. The topological polar surface area (TPSA) is 75.3 Å². The van der Waals surface area contributed by atoms with Gasteiger partial charge in [0, 0.05) is 5.69 Å². The average Bonchev–Trinajstić information content (AvgIpc) is 2.72. The van der Waals surface area contributed by atoms with Gasteiger partial charge in [-0.3, -0.25) is 9.52 Å². The zero-order valence-electron chi connectivity index (χ0n) is 14.1. The predicted octanol–water partition coefficient (Wildman–Crippen LogP) is 3.33. The van der Waals surface area contributed by atoms with Crippen molar-refractivity contribution in [3.05, 3.63) is 53.1 Å². The third-order valence-electron chi connectivity index (χ3n) is 4.42. The van der Waals surface area contributed by atoms with Crippen LogP contribution in [-0.4, -0.2) is 14.3 Å². The van der Waals surface area contributed by atoms with Crippen molar-refractivity contribution in [1.29, 1.82) is 0 Å². The van der Waals surface area contributed by atoms with E-state index < -0.39 is 15.4 Å². The quantitative estimate of drug-likeness (QED) is 0.897. The Kier molecular flexibility index (Phi) is 3.68. The molecule has 0 bridgehead atoms. The fourth-order valence-corrected chi connectivity index (χ4v) is 4.01. The van der Waals surface area contributed by atoms with Crippen LogP contribution in [0.3, 0.4) is 0 Å². The van der Waals surface area contributed by atoms with E-state index in [0.29, 0.717) is 16.9 Å². The molecule has 24 heavy (non-hydrogen) atoms. The number of carbonyl (C=O) groups is 1. The number of sulfonamides is 1. The van der Waals surface area contributed by atoms with E-state index in [-0.39, 0.29) is 10.8 Å². The summed E-state index contributed by atoms with van der Waals surface area (Å²) in [5.41, 5.74) is 3.08. The largest absolute Gasteiger partial charge is 0.325 e. The van der Waals surface area contributed by atoms with Crippen molar-refractivity contribution >= 4 is 27.3 Å². The molecule has 1 amide bonds. The van der Waals surface area contributed by atoms with Gasteiger partial charge in [0.2, 0.25) is 5.91 Å². The number of nitrogens with one attached hydrogen (secondary N) is 2. The number of rotatable bonds is 3. The van der Waals surface area contributed by atoms with Gasteiger partial charge < -0.3 is 5.32 Å². The van der Waals surface area contributed by atoms with Crippen LogP contribution in [0, 0.1) is 13.8 Å². The summed E-state index contributed by atoms with van der Waals surface area (Å²) >= 11 is 0. The van der Waals surface area contributed by atoms with Crippen molar-refractivity contribution in [2.24, 2.45) is 0 Å². The van der Waals surface area contributed by atoms with Gasteiger partial charge in [0.15, 0.2) is 0 Å². The van der Waals surface area contributed by atoms with Crippen molar-refractivity contribution < 1.29 is 13.2 Å². The second-order valence-corrected chi connectivity index (χ2v) is 8.39. The summed E-state index contributed by atoms with van der Waals surface area (Å²) in [6, 6.07) is 10.3. The van der Waals surface area contributed by atoms with Gasteiger partial charge in [0.1, 0.15) is 0 Å². The van der Waals surface area contributed by atoms with Crippen LogP contribution in [0.25, 0.3) is 0 Å². The Morgan fingerprint density at radius 2 is 1.75 bits per heavy atom. The van der Waals surface area contributed by atoms with E-state index in [9.17, 15) is 13.2 Å². The lowest BCUT2D eigenvalue weighted by Gasteiger charge is -2.16. The molecule has 0 aromatic heterocycles. The standard InChI is InChI=1S/C18H20N2O3S/c1-11-5-7-15(12(2)9-11)20-24(22,23)13-6-8-16-14(10-13)18(3,4)17(21)19-16/h5-10,20H,1-4H3,(H,19,21). The first-order chi connectivity index (χ1) is 11.1. The molecule has 0 atom stereocenters. The van der Waals surface area contributed by atoms with E-state index in [4.69, 9.17) is 0 Å². The Hall–Kier alpha value is -2.34. The fraction of sp³-hybridized carbons (Fsp3) is 0.278. The second-order valence-electron chi connectivity index (χ2n) is 6.71. The molecule has 6 heteroatoms. The molecule has 5 nitrogen and oxygen atoms in total. The summed E-state index contributed by atoms with van der Waals surface area (Å²) in [7, 11) is -3.73. The number of hydrogen-bond acceptors (Lipinski definition) is 3. The average molecular weight is 344 g/mol. The number of carbonyl (C=O) groups excluding carboxylic acids is 1. The van der Waals surface area contributed by atoms with Gasteiger partial charge in [-0.2, -0.15) is 0 Å². The van der Waals surface area contributed by atoms with Gasteiger partial charge in [0.25, 0.3) is 10.0 Å². The SMILES string of the molecule is Cc1ccc(NS(=O)(=O)c2ccc3c(c2)C(C)(C)C(=O)N3)c(C)c1. The molecule has 1 heterocycles. The van der Waals surface area contributed by atoms with Crippen LogP contribution in [0.2, 0.25) is 0 Å². The molecule has 0 saturated heterocycles. The molecule has 0 saturated carbocycles. The summed E-state index contributed by atoms with van der Waals surface area (Å²) in [6.07, 6.45) is 0. The highest BCUT2D eigenvalue weighted by atomic mass is 32.2. The highest BCUT2D eigenvalue weighted by molar-refractivity contribution is 7.92. The molecule has 2 aromatic rings. The first kappa shape index (κ1) is 16.5. The summed E-state index contributed by atoms with van der Waals surface area (Å²) < 4.78 is 28.1. The molecule has 0 unspecified atom stereocenters. The Morgan fingerprint density at radius 3 is 2.42 bits per heavy atom. The van der Waals surface area contributed by atoms with Crippen LogP contribution in [0.4, 0.5) is 11.4 Å². The minimum absolute atomic E-state index is 0.130. The number of amides is 1. The Morgan fingerprint density at radius 1 is 1.04 bits per heavy atom. The summed E-state index contributed by atoms with van der Waals surface area (Å²) in [4.78, 5) is 12.1. The molecule has 126 valence electrons. The zero-order valence-corrected chi connectivity index (χ0v) is 14.9. The number of anilines is 2. The lowest BCUT2D eigenvalue weighted by molar-refractivity contribution is -0.119. The van der Waals surface area contributed by atoms with Crippen molar-refractivity contribution in [2.45, 2.75) is 38.0 Å². The van der Waals surface area contributed by atoms with Gasteiger partial charge in [0.05, 0.1) is 16.0 Å². The van der Waals surface area contributed by atoms with Crippen LogP contribution >= 0.6 is 0 Å². The molecule has 2 aromatic carbocycles. The maximum Gasteiger partial charge on any atom is 0.261 e. The molecule has 0 radical (unpaired) electrons. The number of hydrogen-bond donors (Lipinski definition) is 2. The molecule has 0 fully saturated rings. The Labute approximate surface area is 142 Å². The van der Waals surface area contributed by atoms with Gasteiger partial charge in [-0.25, -0.2) is 8.42 Å². The molecule has 1 aliphatic heterocycles. The first-order valence-corrected chi connectivity index (χ1v) is 9.15. The Bertz CT molecular complexity index is 947. The van der Waals surface area contributed by atoms with Crippen molar-refractivity contribution in [3.8, 4) is 0 Å². The van der Waals surface area contributed by atoms with E-state index in [1.165, 1.54) is 6.07 Å². The van der Waals surface area contributed by atoms with Crippen LogP contribution in [0.15, 0.2) is 41.3 Å². The third kappa shape index (κ3) is 2.67. The molecule has 0 spiro atoms. The maximum absolute atomic E-state index is 12.7. The van der Waals surface area contributed by atoms with E-state index >= 15 is 0 Å². The third-order valence-corrected chi connectivity index (χ3v) is 5.78. The first-order valence-electron chi connectivity index (χ1n) is 7.67. The van der Waals surface area contributed by atoms with E-state index in [1.807, 2.05) is 26.0 Å². The van der Waals surface area contributed by atoms with E-state index in [1.54, 1.807) is 32.0 Å². The molecule has 3 rings (SSSR count). The maximum atomic E-state index is 12.7. The molecular weight excluding hydrogens is 324 g/mol. The summed E-state index contributed by atoms with van der Waals surface area (Å²) in [5.74, 6) is -0.130. The smallest absolute Gasteiger partial charge is 0.261 e. The number of aryl methyl sites for hydroxylation is 2. The normalized spacial score (nSPS) is 15.8. The second kappa shape index (κ2) is 5.34. The highest BCUT2D eigenvalue weighted by Crippen LogP contribution is 2.38. The molecular formula is C18H20N2O3S.